The Morgan fingerprint density at radius 2 is 1.88 bits per heavy atom. The lowest BCUT2D eigenvalue weighted by Gasteiger charge is -2.36. The largest absolute Gasteiger partial charge is 0.453 e. The van der Waals surface area contributed by atoms with Gasteiger partial charge < -0.3 is 15.0 Å². The van der Waals surface area contributed by atoms with Crippen LogP contribution in [0.4, 0.5) is 4.79 Å². The van der Waals surface area contributed by atoms with Crippen molar-refractivity contribution in [1.29, 1.82) is 0 Å². The number of nitrogens with one attached hydrogen (secondary N) is 1. The highest BCUT2D eigenvalue weighted by Crippen LogP contribution is 2.25. The molecular formula is C22H30N4O5S. The second-order valence-corrected chi connectivity index (χ2v) is 10.3. The van der Waals surface area contributed by atoms with Gasteiger partial charge in [-0.2, -0.15) is 4.31 Å². The van der Waals surface area contributed by atoms with Gasteiger partial charge in [-0.25, -0.2) is 13.2 Å². The summed E-state index contributed by atoms with van der Waals surface area (Å²) in [6.07, 6.45) is 1.46. The molecule has 0 bridgehead atoms. The Kier molecular flexibility index (Phi) is 7.35. The number of amides is 2. The van der Waals surface area contributed by atoms with Crippen LogP contribution in [-0.4, -0.2) is 73.9 Å². The van der Waals surface area contributed by atoms with Gasteiger partial charge in [-0.15, -0.1) is 0 Å². The summed E-state index contributed by atoms with van der Waals surface area (Å²) in [5.74, 6) is -0.0475. The molecule has 32 heavy (non-hydrogen) atoms. The van der Waals surface area contributed by atoms with Crippen LogP contribution < -0.4 is 5.32 Å². The summed E-state index contributed by atoms with van der Waals surface area (Å²) >= 11 is 0. The number of piperazine rings is 1. The van der Waals surface area contributed by atoms with Crippen LogP contribution in [0.25, 0.3) is 10.9 Å². The average Bonchev–Trinajstić information content (AvgIpc) is 2.77. The minimum Gasteiger partial charge on any atom is -0.453 e. The summed E-state index contributed by atoms with van der Waals surface area (Å²) in [6.45, 7) is 6.66. The second-order valence-electron chi connectivity index (χ2n) is 8.39. The Balaban J connectivity index is 1.74. The molecule has 0 aliphatic carbocycles. The zero-order valence-corrected chi connectivity index (χ0v) is 19.7. The molecule has 1 fully saturated rings. The number of hydrogen-bond donors (Lipinski definition) is 1. The molecule has 3 rings (SSSR count). The molecule has 2 amide bonds. The van der Waals surface area contributed by atoms with E-state index in [0.29, 0.717) is 11.9 Å². The van der Waals surface area contributed by atoms with Crippen LogP contribution in [0.2, 0.25) is 0 Å². The number of pyridine rings is 1. The monoisotopic (exact) mass is 462 g/mol. The van der Waals surface area contributed by atoms with Crippen LogP contribution >= 0.6 is 0 Å². The highest BCUT2D eigenvalue weighted by Gasteiger charge is 2.34. The molecule has 1 saturated heterocycles. The molecule has 9 nitrogen and oxygen atoms in total. The topological polar surface area (TPSA) is 109 Å². The number of ether oxygens (including phenoxy) is 1. The van der Waals surface area contributed by atoms with E-state index >= 15 is 0 Å². The fourth-order valence-corrected chi connectivity index (χ4v) is 5.44. The number of sulfonamides is 1. The normalized spacial score (nSPS) is 16.2. The Morgan fingerprint density at radius 3 is 2.50 bits per heavy atom. The molecule has 0 spiro atoms. The first-order chi connectivity index (χ1) is 15.1. The summed E-state index contributed by atoms with van der Waals surface area (Å²) in [5, 5.41) is 3.36. The van der Waals surface area contributed by atoms with Gasteiger partial charge in [-0.05, 0) is 37.0 Å². The molecule has 1 aromatic carbocycles. The van der Waals surface area contributed by atoms with Gasteiger partial charge in [0.15, 0.2) is 0 Å². The smallest absolute Gasteiger partial charge is 0.407 e. The van der Waals surface area contributed by atoms with E-state index in [1.54, 1.807) is 23.2 Å². The Labute approximate surface area is 188 Å². The lowest BCUT2D eigenvalue weighted by molar-refractivity contribution is -0.135. The lowest BCUT2D eigenvalue weighted by Crippen LogP contribution is -2.56. The maximum absolute atomic E-state index is 13.3. The van der Waals surface area contributed by atoms with E-state index in [4.69, 9.17) is 0 Å². The molecule has 2 heterocycles. The average molecular weight is 463 g/mol. The molecule has 1 unspecified atom stereocenters. The van der Waals surface area contributed by atoms with Gasteiger partial charge in [0.1, 0.15) is 10.9 Å². The van der Waals surface area contributed by atoms with Crippen LogP contribution in [0.5, 0.6) is 0 Å². The number of para-hydroxylation sites is 1. The predicted octanol–water partition coefficient (Wildman–Crippen LogP) is 2.15. The van der Waals surface area contributed by atoms with Crippen molar-refractivity contribution < 1.29 is 22.7 Å². The van der Waals surface area contributed by atoms with E-state index in [-0.39, 0.29) is 42.9 Å². The molecule has 174 valence electrons. The summed E-state index contributed by atoms with van der Waals surface area (Å²) in [4.78, 5) is 30.8. The van der Waals surface area contributed by atoms with E-state index in [2.05, 4.69) is 15.0 Å². The van der Waals surface area contributed by atoms with E-state index in [1.807, 2.05) is 32.9 Å². The number of carbonyl (C=O) groups excluding carboxylic acids is 2. The number of hydrogen-bond acceptors (Lipinski definition) is 6. The SMILES string of the molecule is COC(=O)NC(CC(C)C)C(=O)N1CCN(S(=O)(=O)c2cccc3cc(C)cnc23)CC1. The second kappa shape index (κ2) is 9.83. The van der Waals surface area contributed by atoms with Gasteiger partial charge in [0.05, 0.1) is 12.6 Å². The first-order valence-corrected chi connectivity index (χ1v) is 12.1. The fourth-order valence-electron chi connectivity index (χ4n) is 3.85. The van der Waals surface area contributed by atoms with Crippen molar-refractivity contribution in [3.8, 4) is 0 Å². The van der Waals surface area contributed by atoms with Crippen LogP contribution in [0, 0.1) is 12.8 Å². The predicted molar refractivity (Wildman–Crippen MR) is 121 cm³/mol. The molecule has 1 aliphatic heterocycles. The number of fused-ring (bicyclic) bond motifs is 1. The summed E-state index contributed by atoms with van der Waals surface area (Å²) in [6, 6.07) is 6.31. The maximum atomic E-state index is 13.3. The molecule has 0 radical (unpaired) electrons. The Hall–Kier alpha value is -2.72. The third-order valence-corrected chi connectivity index (χ3v) is 7.39. The lowest BCUT2D eigenvalue weighted by atomic mass is 10.0. The van der Waals surface area contributed by atoms with Gasteiger partial charge in [0.2, 0.25) is 15.9 Å². The van der Waals surface area contributed by atoms with E-state index in [9.17, 15) is 18.0 Å². The van der Waals surface area contributed by atoms with Crippen LogP contribution in [0.3, 0.4) is 0 Å². The number of aromatic nitrogens is 1. The summed E-state index contributed by atoms with van der Waals surface area (Å²) in [7, 11) is -2.52. The van der Waals surface area contributed by atoms with Crippen molar-refractivity contribution in [2.24, 2.45) is 5.92 Å². The van der Waals surface area contributed by atoms with Gasteiger partial charge >= 0.3 is 6.09 Å². The fraction of sp³-hybridized carbons (Fsp3) is 0.500. The third kappa shape index (κ3) is 5.18. The Bertz CT molecular complexity index is 1090. The number of rotatable bonds is 6. The van der Waals surface area contributed by atoms with Gasteiger partial charge in [-0.1, -0.05) is 26.0 Å². The molecule has 10 heteroatoms. The summed E-state index contributed by atoms with van der Waals surface area (Å²) in [5.41, 5.74) is 1.39. The zero-order valence-electron chi connectivity index (χ0n) is 18.9. The number of methoxy groups -OCH3 is 1. The van der Waals surface area contributed by atoms with Crippen LogP contribution in [-0.2, 0) is 19.6 Å². The van der Waals surface area contributed by atoms with Gasteiger partial charge in [-0.3, -0.25) is 9.78 Å². The number of carbonyl (C=O) groups is 2. The Morgan fingerprint density at radius 1 is 1.19 bits per heavy atom. The first kappa shape index (κ1) is 23.9. The molecule has 2 aromatic rings. The quantitative estimate of drug-likeness (QED) is 0.705. The van der Waals surface area contributed by atoms with Crippen molar-refractivity contribution in [3.05, 3.63) is 36.0 Å². The van der Waals surface area contributed by atoms with E-state index in [1.165, 1.54) is 11.4 Å². The molecule has 1 N–H and O–H groups in total. The molecular weight excluding hydrogens is 432 g/mol. The minimum absolute atomic E-state index is 0.166. The van der Waals surface area contributed by atoms with Crippen molar-refractivity contribution >= 4 is 32.9 Å². The van der Waals surface area contributed by atoms with Crippen molar-refractivity contribution in [2.45, 2.75) is 38.1 Å². The molecule has 1 aliphatic rings. The molecule has 1 atom stereocenters. The van der Waals surface area contributed by atoms with Gasteiger partial charge in [0.25, 0.3) is 0 Å². The molecule has 1 aromatic heterocycles. The zero-order chi connectivity index (χ0) is 23.5. The van der Waals surface area contributed by atoms with E-state index < -0.39 is 22.2 Å². The van der Waals surface area contributed by atoms with Crippen LogP contribution in [0.15, 0.2) is 35.4 Å². The highest BCUT2D eigenvalue weighted by molar-refractivity contribution is 7.89. The summed E-state index contributed by atoms with van der Waals surface area (Å²) < 4.78 is 32.7. The number of aryl methyl sites for hydroxylation is 1. The first-order valence-electron chi connectivity index (χ1n) is 10.6. The number of alkyl carbamates (subject to hydrolysis) is 1. The standard InChI is InChI=1S/C22H30N4O5S/c1-15(2)12-18(24-22(28)31-4)21(27)25-8-10-26(11-9-25)32(29,30)19-7-5-6-17-13-16(3)14-23-20(17)19/h5-7,13-15,18H,8-12H2,1-4H3,(H,24,28). The van der Waals surface area contributed by atoms with Crippen molar-refractivity contribution in [1.82, 2.24) is 19.5 Å². The number of nitrogens with zero attached hydrogens (tertiary/aromatic N) is 3. The van der Waals surface area contributed by atoms with Crippen LogP contribution in [0.1, 0.15) is 25.8 Å². The number of benzene rings is 1. The molecule has 0 saturated carbocycles. The van der Waals surface area contributed by atoms with Gasteiger partial charge in [0, 0.05) is 37.8 Å². The minimum atomic E-state index is -3.77. The van der Waals surface area contributed by atoms with Crippen molar-refractivity contribution in [2.75, 3.05) is 33.3 Å². The van der Waals surface area contributed by atoms with Crippen molar-refractivity contribution in [3.63, 3.8) is 0 Å². The third-order valence-electron chi connectivity index (χ3n) is 5.46. The van der Waals surface area contributed by atoms with E-state index in [0.717, 1.165) is 10.9 Å². The maximum Gasteiger partial charge on any atom is 0.407 e. The highest BCUT2D eigenvalue weighted by atomic mass is 32.2.